The van der Waals surface area contributed by atoms with Crippen LogP contribution in [0.15, 0.2) is 18.5 Å². The molecule has 0 aromatic carbocycles. The van der Waals surface area contributed by atoms with Crippen molar-refractivity contribution >= 4 is 12.0 Å². The number of aromatic nitrogens is 4. The second-order valence-corrected chi connectivity index (χ2v) is 4.77. The minimum atomic E-state index is -0.128. The Morgan fingerprint density at radius 1 is 1.40 bits per heavy atom. The first kappa shape index (κ1) is 14.0. The zero-order chi connectivity index (χ0) is 14.7. The van der Waals surface area contributed by atoms with Crippen LogP contribution in [0.4, 0.5) is 0 Å². The largest absolute Gasteiger partial charge is 0.348 e. The molecule has 2 heterocycles. The van der Waals surface area contributed by atoms with Gasteiger partial charge in [-0.05, 0) is 19.9 Å². The Balaban J connectivity index is 1.93. The topological polar surface area (TPSA) is 64.7 Å². The summed E-state index contributed by atoms with van der Waals surface area (Å²) in [6.45, 7) is 4.37. The number of carbonyl (C=O) groups is 1. The highest BCUT2D eigenvalue weighted by Gasteiger charge is 2.04. The van der Waals surface area contributed by atoms with E-state index < -0.39 is 0 Å². The Hall–Kier alpha value is -2.37. The lowest BCUT2D eigenvalue weighted by atomic mass is 10.2. The number of amides is 1. The summed E-state index contributed by atoms with van der Waals surface area (Å²) in [7, 11) is 3.74. The Kier molecular flexibility index (Phi) is 4.02. The van der Waals surface area contributed by atoms with Gasteiger partial charge in [0.2, 0.25) is 5.91 Å². The van der Waals surface area contributed by atoms with Gasteiger partial charge in [0.05, 0.1) is 11.9 Å². The maximum Gasteiger partial charge on any atom is 0.244 e. The molecule has 106 valence electrons. The SMILES string of the molecule is Cc1nn(C)cc1CNC(=O)C=Cc1cnn(C)c1C. The van der Waals surface area contributed by atoms with Crippen LogP contribution in [0.25, 0.3) is 6.08 Å². The van der Waals surface area contributed by atoms with Gasteiger partial charge in [-0.3, -0.25) is 14.2 Å². The molecular formula is C14H19N5O. The van der Waals surface area contributed by atoms with Crippen LogP contribution in [-0.2, 0) is 25.4 Å². The molecule has 0 saturated carbocycles. The maximum absolute atomic E-state index is 11.8. The highest BCUT2D eigenvalue weighted by molar-refractivity contribution is 5.91. The third-order valence-corrected chi connectivity index (χ3v) is 3.26. The molecule has 0 aliphatic heterocycles. The van der Waals surface area contributed by atoms with Crippen LogP contribution in [0.5, 0.6) is 0 Å². The monoisotopic (exact) mass is 273 g/mol. The first-order valence-corrected chi connectivity index (χ1v) is 6.41. The summed E-state index contributed by atoms with van der Waals surface area (Å²) in [6, 6.07) is 0. The van der Waals surface area contributed by atoms with Crippen molar-refractivity contribution in [1.82, 2.24) is 24.9 Å². The second-order valence-electron chi connectivity index (χ2n) is 4.77. The molecule has 2 aromatic rings. The van der Waals surface area contributed by atoms with Crippen molar-refractivity contribution in [2.45, 2.75) is 20.4 Å². The summed E-state index contributed by atoms with van der Waals surface area (Å²) < 4.78 is 3.52. The molecule has 0 fully saturated rings. The molecule has 0 aliphatic carbocycles. The zero-order valence-corrected chi connectivity index (χ0v) is 12.2. The lowest BCUT2D eigenvalue weighted by Gasteiger charge is -2.00. The smallest absolute Gasteiger partial charge is 0.244 e. The predicted octanol–water partition coefficient (Wildman–Crippen LogP) is 1.10. The van der Waals surface area contributed by atoms with Crippen molar-refractivity contribution < 1.29 is 4.79 Å². The molecule has 0 radical (unpaired) electrons. The first-order valence-electron chi connectivity index (χ1n) is 6.41. The van der Waals surface area contributed by atoms with Gasteiger partial charge in [0, 0.05) is 49.7 Å². The molecule has 0 aliphatic rings. The predicted molar refractivity (Wildman–Crippen MR) is 76.8 cm³/mol. The first-order chi connectivity index (χ1) is 9.47. The number of nitrogens with one attached hydrogen (secondary N) is 1. The Labute approximate surface area is 118 Å². The van der Waals surface area contributed by atoms with Crippen molar-refractivity contribution in [2.24, 2.45) is 14.1 Å². The van der Waals surface area contributed by atoms with E-state index in [1.807, 2.05) is 34.1 Å². The van der Waals surface area contributed by atoms with Crippen LogP contribution >= 0.6 is 0 Å². The average Bonchev–Trinajstić information content (AvgIpc) is 2.89. The molecule has 6 nitrogen and oxygen atoms in total. The van der Waals surface area contributed by atoms with Crippen LogP contribution < -0.4 is 5.32 Å². The number of carbonyl (C=O) groups excluding carboxylic acids is 1. The van der Waals surface area contributed by atoms with Gasteiger partial charge >= 0.3 is 0 Å². The van der Waals surface area contributed by atoms with Crippen LogP contribution in [-0.4, -0.2) is 25.5 Å². The standard InChI is InChI=1S/C14H19N5O/c1-10-13(9-18(3)17-10)7-15-14(20)6-5-12-8-16-19(4)11(12)2/h5-6,8-9H,7H2,1-4H3,(H,15,20). The van der Waals surface area contributed by atoms with Crippen molar-refractivity contribution in [3.8, 4) is 0 Å². The van der Waals surface area contributed by atoms with Gasteiger partial charge in [-0.1, -0.05) is 0 Å². The number of hydrogen-bond donors (Lipinski definition) is 1. The number of aryl methyl sites for hydroxylation is 3. The van der Waals surface area contributed by atoms with Crippen LogP contribution in [0.1, 0.15) is 22.5 Å². The van der Waals surface area contributed by atoms with E-state index in [4.69, 9.17) is 0 Å². The number of rotatable bonds is 4. The summed E-state index contributed by atoms with van der Waals surface area (Å²) >= 11 is 0. The summed E-state index contributed by atoms with van der Waals surface area (Å²) in [5.41, 5.74) is 3.92. The van der Waals surface area contributed by atoms with Crippen LogP contribution in [0, 0.1) is 13.8 Å². The minimum Gasteiger partial charge on any atom is -0.348 e. The van der Waals surface area contributed by atoms with E-state index in [1.165, 1.54) is 6.08 Å². The normalized spacial score (nSPS) is 11.2. The Morgan fingerprint density at radius 3 is 2.70 bits per heavy atom. The van der Waals surface area contributed by atoms with E-state index in [0.29, 0.717) is 6.54 Å². The fraction of sp³-hybridized carbons (Fsp3) is 0.357. The fourth-order valence-corrected chi connectivity index (χ4v) is 1.91. The van der Waals surface area contributed by atoms with Crippen molar-refractivity contribution in [3.63, 3.8) is 0 Å². The number of nitrogens with zero attached hydrogens (tertiary/aromatic N) is 4. The molecule has 1 N–H and O–H groups in total. The molecule has 2 aromatic heterocycles. The average molecular weight is 273 g/mol. The summed E-state index contributed by atoms with van der Waals surface area (Å²) in [5.74, 6) is -0.128. The molecule has 0 atom stereocenters. The molecule has 0 bridgehead atoms. The van der Waals surface area contributed by atoms with Gasteiger partial charge < -0.3 is 5.32 Å². The highest BCUT2D eigenvalue weighted by Crippen LogP contribution is 2.07. The maximum atomic E-state index is 11.8. The molecule has 0 saturated heterocycles. The molecule has 0 spiro atoms. The zero-order valence-electron chi connectivity index (χ0n) is 12.2. The van der Waals surface area contributed by atoms with E-state index in [2.05, 4.69) is 15.5 Å². The van der Waals surface area contributed by atoms with Gasteiger partial charge in [0.15, 0.2) is 0 Å². The summed E-state index contributed by atoms with van der Waals surface area (Å²) in [5, 5.41) is 11.2. The van der Waals surface area contributed by atoms with E-state index in [9.17, 15) is 4.79 Å². The molecular weight excluding hydrogens is 254 g/mol. The summed E-state index contributed by atoms with van der Waals surface area (Å²) in [6.07, 6.45) is 6.94. The van der Waals surface area contributed by atoms with Crippen LogP contribution in [0.2, 0.25) is 0 Å². The van der Waals surface area contributed by atoms with Crippen molar-refractivity contribution in [1.29, 1.82) is 0 Å². The second kappa shape index (κ2) is 5.73. The Morgan fingerprint density at radius 2 is 2.15 bits per heavy atom. The lowest BCUT2D eigenvalue weighted by molar-refractivity contribution is -0.116. The van der Waals surface area contributed by atoms with E-state index in [0.717, 1.165) is 22.5 Å². The molecule has 20 heavy (non-hydrogen) atoms. The highest BCUT2D eigenvalue weighted by atomic mass is 16.1. The van der Waals surface area contributed by atoms with Gasteiger partial charge in [-0.25, -0.2) is 0 Å². The van der Waals surface area contributed by atoms with Gasteiger partial charge in [-0.15, -0.1) is 0 Å². The number of hydrogen-bond acceptors (Lipinski definition) is 3. The van der Waals surface area contributed by atoms with Gasteiger partial charge in [0.1, 0.15) is 0 Å². The molecule has 1 amide bonds. The fourth-order valence-electron chi connectivity index (χ4n) is 1.91. The van der Waals surface area contributed by atoms with Crippen LogP contribution in [0.3, 0.4) is 0 Å². The third-order valence-electron chi connectivity index (χ3n) is 3.26. The quantitative estimate of drug-likeness (QED) is 0.848. The van der Waals surface area contributed by atoms with E-state index in [1.54, 1.807) is 21.6 Å². The van der Waals surface area contributed by atoms with E-state index >= 15 is 0 Å². The van der Waals surface area contributed by atoms with Gasteiger partial charge in [0.25, 0.3) is 0 Å². The molecule has 2 rings (SSSR count). The summed E-state index contributed by atoms with van der Waals surface area (Å²) in [4.78, 5) is 11.8. The molecule has 6 heteroatoms. The minimum absolute atomic E-state index is 0.128. The molecule has 0 unspecified atom stereocenters. The van der Waals surface area contributed by atoms with Crippen molar-refractivity contribution in [2.75, 3.05) is 0 Å². The van der Waals surface area contributed by atoms with Gasteiger partial charge in [-0.2, -0.15) is 10.2 Å². The third kappa shape index (κ3) is 3.14. The van der Waals surface area contributed by atoms with Crippen molar-refractivity contribution in [3.05, 3.63) is 41.0 Å². The Bertz CT molecular complexity index is 651. The van der Waals surface area contributed by atoms with E-state index in [-0.39, 0.29) is 5.91 Å². The lowest BCUT2D eigenvalue weighted by Crippen LogP contribution is -2.20.